The van der Waals surface area contributed by atoms with Gasteiger partial charge in [0.1, 0.15) is 17.2 Å². The molecule has 4 heteroatoms. The lowest BCUT2D eigenvalue weighted by atomic mass is 10.1. The molecular weight excluding hydrogens is 496 g/mol. The number of rotatable bonds is 20. The van der Waals surface area contributed by atoms with Gasteiger partial charge in [-0.2, -0.15) is 0 Å². The van der Waals surface area contributed by atoms with E-state index in [0.717, 1.165) is 42.1 Å². The molecule has 0 heterocycles. The molecule has 0 amide bonds. The molecule has 0 unspecified atom stereocenters. The maximum Gasteiger partial charge on any atom is 0.343 e. The van der Waals surface area contributed by atoms with Crippen LogP contribution >= 0.6 is 0 Å². The smallest absolute Gasteiger partial charge is 0.343 e. The molecule has 0 N–H and O–H groups in total. The number of carbonyl (C=O) groups is 1. The Morgan fingerprint density at radius 1 is 0.475 bits per heavy atom. The maximum absolute atomic E-state index is 12.6. The van der Waals surface area contributed by atoms with E-state index in [1.165, 1.54) is 70.6 Å². The van der Waals surface area contributed by atoms with Gasteiger partial charge in [0.15, 0.2) is 0 Å². The van der Waals surface area contributed by atoms with Crippen molar-refractivity contribution in [2.24, 2.45) is 0 Å². The number of ether oxygens (including phenoxy) is 3. The van der Waals surface area contributed by atoms with Gasteiger partial charge in [0.25, 0.3) is 0 Å². The van der Waals surface area contributed by atoms with Gasteiger partial charge < -0.3 is 14.2 Å². The van der Waals surface area contributed by atoms with Gasteiger partial charge in [0.2, 0.25) is 0 Å². The van der Waals surface area contributed by atoms with Crippen molar-refractivity contribution in [2.45, 2.75) is 97.3 Å². The van der Waals surface area contributed by atoms with Crippen LogP contribution < -0.4 is 14.2 Å². The van der Waals surface area contributed by atoms with Gasteiger partial charge >= 0.3 is 5.97 Å². The third-order valence-electron chi connectivity index (χ3n) is 7.13. The van der Waals surface area contributed by atoms with Crippen molar-refractivity contribution in [3.63, 3.8) is 0 Å². The van der Waals surface area contributed by atoms with Crippen LogP contribution in [0.3, 0.4) is 0 Å². The second kappa shape index (κ2) is 18.9. The van der Waals surface area contributed by atoms with E-state index >= 15 is 0 Å². The first-order chi connectivity index (χ1) is 19.7. The van der Waals surface area contributed by atoms with Gasteiger partial charge in [0.05, 0.1) is 18.8 Å². The second-order valence-electron chi connectivity index (χ2n) is 10.5. The van der Waals surface area contributed by atoms with Crippen LogP contribution in [0, 0.1) is 0 Å². The van der Waals surface area contributed by atoms with Gasteiger partial charge in [-0.1, -0.05) is 109 Å². The van der Waals surface area contributed by atoms with Gasteiger partial charge in [-0.15, -0.1) is 0 Å². The number of unbranched alkanes of at least 4 members (excludes halogenated alkanes) is 11. The zero-order valence-electron chi connectivity index (χ0n) is 24.7. The number of hydrogen-bond donors (Lipinski definition) is 0. The highest BCUT2D eigenvalue weighted by atomic mass is 16.5. The summed E-state index contributed by atoms with van der Waals surface area (Å²) in [5, 5.41) is 0. The number of esters is 1. The summed E-state index contributed by atoms with van der Waals surface area (Å²) in [6.45, 7) is 5.94. The predicted octanol–water partition coefficient (Wildman–Crippen LogP) is 10.4. The minimum absolute atomic E-state index is 0.378. The summed E-state index contributed by atoms with van der Waals surface area (Å²) in [5.74, 6) is 1.82. The van der Waals surface area contributed by atoms with Crippen molar-refractivity contribution < 1.29 is 19.0 Å². The van der Waals surface area contributed by atoms with Crippen LogP contribution in [0.15, 0.2) is 72.8 Å². The van der Waals surface area contributed by atoms with Crippen LogP contribution in [0.25, 0.3) is 11.1 Å². The van der Waals surface area contributed by atoms with E-state index < -0.39 is 0 Å². The highest BCUT2D eigenvalue weighted by Crippen LogP contribution is 2.25. The summed E-state index contributed by atoms with van der Waals surface area (Å²) < 4.78 is 17.3. The molecule has 0 atom stereocenters. The molecule has 0 fully saturated rings. The number of carbonyl (C=O) groups excluding carboxylic acids is 1. The Balaban J connectivity index is 1.37. The van der Waals surface area contributed by atoms with E-state index in [2.05, 4.69) is 26.0 Å². The molecule has 0 aliphatic rings. The molecule has 3 aromatic rings. The third-order valence-corrected chi connectivity index (χ3v) is 7.13. The standard InChI is InChI=1S/C36H48O4/c1-3-5-7-9-10-11-13-15-29-38-33-22-16-30(17-23-33)31-18-26-35(27-19-31)40-36(37)32-20-24-34(25-21-32)39-28-14-12-8-6-4-2/h16-27H,3-15,28-29H2,1-2H3. The topological polar surface area (TPSA) is 44.8 Å². The van der Waals surface area contributed by atoms with E-state index in [1.54, 1.807) is 12.1 Å². The quantitative estimate of drug-likeness (QED) is 0.0806. The van der Waals surface area contributed by atoms with Crippen LogP contribution in [-0.2, 0) is 0 Å². The Hall–Kier alpha value is -3.27. The van der Waals surface area contributed by atoms with Crippen LogP contribution in [0.2, 0.25) is 0 Å². The van der Waals surface area contributed by atoms with E-state index in [-0.39, 0.29) is 5.97 Å². The average molecular weight is 545 g/mol. The largest absolute Gasteiger partial charge is 0.494 e. The molecule has 4 nitrogen and oxygen atoms in total. The first-order valence-corrected chi connectivity index (χ1v) is 15.5. The number of hydrogen-bond acceptors (Lipinski definition) is 4. The van der Waals surface area contributed by atoms with Crippen LogP contribution in [0.5, 0.6) is 17.2 Å². The summed E-state index contributed by atoms with van der Waals surface area (Å²) >= 11 is 0. The Labute approximate surface area is 242 Å². The fourth-order valence-corrected chi connectivity index (χ4v) is 4.63. The van der Waals surface area contributed by atoms with Gasteiger partial charge in [-0.05, 0) is 72.5 Å². The molecule has 0 aromatic heterocycles. The lowest BCUT2D eigenvalue weighted by Gasteiger charge is -2.09. The molecule has 3 rings (SSSR count). The molecule has 0 saturated carbocycles. The fourth-order valence-electron chi connectivity index (χ4n) is 4.63. The summed E-state index contributed by atoms with van der Waals surface area (Å²) in [5.41, 5.74) is 2.66. The zero-order valence-corrected chi connectivity index (χ0v) is 24.7. The van der Waals surface area contributed by atoms with Crippen molar-refractivity contribution in [2.75, 3.05) is 13.2 Å². The highest BCUT2D eigenvalue weighted by Gasteiger charge is 2.09. The lowest BCUT2D eigenvalue weighted by molar-refractivity contribution is 0.0734. The van der Waals surface area contributed by atoms with Crippen LogP contribution in [0.4, 0.5) is 0 Å². The molecule has 40 heavy (non-hydrogen) atoms. The predicted molar refractivity (Wildman–Crippen MR) is 166 cm³/mol. The molecule has 0 spiro atoms. The van der Waals surface area contributed by atoms with Crippen LogP contribution in [0.1, 0.15) is 108 Å². The summed E-state index contributed by atoms with van der Waals surface area (Å²) in [6, 6.07) is 22.9. The van der Waals surface area contributed by atoms with E-state index in [9.17, 15) is 4.79 Å². The number of benzene rings is 3. The molecule has 0 aliphatic carbocycles. The highest BCUT2D eigenvalue weighted by molar-refractivity contribution is 5.91. The minimum Gasteiger partial charge on any atom is -0.494 e. The SMILES string of the molecule is CCCCCCCCCCOc1ccc(-c2ccc(OC(=O)c3ccc(OCCCCCCC)cc3)cc2)cc1. The first-order valence-electron chi connectivity index (χ1n) is 15.5. The Bertz CT molecular complexity index is 1070. The minimum atomic E-state index is -0.378. The van der Waals surface area contributed by atoms with Gasteiger partial charge in [0, 0.05) is 0 Å². The van der Waals surface area contributed by atoms with Gasteiger partial charge in [-0.25, -0.2) is 4.79 Å². The Kier molecular flexibility index (Phi) is 14.8. The van der Waals surface area contributed by atoms with Crippen molar-refractivity contribution in [1.29, 1.82) is 0 Å². The molecule has 3 aromatic carbocycles. The molecule has 0 bridgehead atoms. The second-order valence-corrected chi connectivity index (χ2v) is 10.5. The van der Waals surface area contributed by atoms with Crippen LogP contribution in [-0.4, -0.2) is 19.2 Å². The fraction of sp³-hybridized carbons (Fsp3) is 0.472. The average Bonchev–Trinajstić information content (AvgIpc) is 2.99. The summed E-state index contributed by atoms with van der Waals surface area (Å²) in [6.07, 6.45) is 16.4. The van der Waals surface area contributed by atoms with Crippen molar-refractivity contribution in [3.05, 3.63) is 78.4 Å². The summed E-state index contributed by atoms with van der Waals surface area (Å²) in [7, 11) is 0. The Morgan fingerprint density at radius 2 is 0.850 bits per heavy atom. The van der Waals surface area contributed by atoms with Gasteiger partial charge in [-0.3, -0.25) is 0 Å². The molecule has 0 radical (unpaired) electrons. The lowest BCUT2D eigenvalue weighted by Crippen LogP contribution is -2.08. The van der Waals surface area contributed by atoms with E-state index in [1.807, 2.05) is 48.5 Å². The van der Waals surface area contributed by atoms with Crippen molar-refractivity contribution in [3.8, 4) is 28.4 Å². The van der Waals surface area contributed by atoms with E-state index in [4.69, 9.17) is 14.2 Å². The van der Waals surface area contributed by atoms with Crippen molar-refractivity contribution in [1.82, 2.24) is 0 Å². The maximum atomic E-state index is 12.6. The molecule has 0 aliphatic heterocycles. The van der Waals surface area contributed by atoms with E-state index in [0.29, 0.717) is 17.9 Å². The third kappa shape index (κ3) is 11.9. The molecule has 216 valence electrons. The summed E-state index contributed by atoms with van der Waals surface area (Å²) in [4.78, 5) is 12.6. The normalized spacial score (nSPS) is 10.8. The zero-order chi connectivity index (χ0) is 28.3. The molecule has 0 saturated heterocycles. The first kappa shape index (κ1) is 31.3. The Morgan fingerprint density at radius 3 is 1.30 bits per heavy atom. The van der Waals surface area contributed by atoms with Crippen molar-refractivity contribution >= 4 is 5.97 Å². The monoisotopic (exact) mass is 544 g/mol. The molecular formula is C36H48O4.